The van der Waals surface area contributed by atoms with E-state index in [0.717, 1.165) is 16.9 Å². The lowest BCUT2D eigenvalue weighted by molar-refractivity contribution is 0.839. The van der Waals surface area contributed by atoms with Crippen LogP contribution in [0.1, 0.15) is 11.3 Å². The van der Waals surface area contributed by atoms with Gasteiger partial charge in [0.25, 0.3) is 0 Å². The number of aromatic nitrogens is 3. The number of rotatable bonds is 2. The quantitative estimate of drug-likeness (QED) is 0.841. The van der Waals surface area contributed by atoms with Crippen molar-refractivity contribution in [1.82, 2.24) is 14.8 Å². The van der Waals surface area contributed by atoms with Crippen LogP contribution in [0.2, 0.25) is 5.02 Å². The fourth-order valence-electron chi connectivity index (χ4n) is 1.36. The highest BCUT2D eigenvalue weighted by atomic mass is 35.5. The van der Waals surface area contributed by atoms with Crippen LogP contribution in [-0.2, 0) is 6.54 Å². The molecule has 0 aromatic carbocycles. The third-order valence-electron chi connectivity index (χ3n) is 2.18. The average molecular weight is 223 g/mol. The lowest BCUT2D eigenvalue weighted by Gasteiger charge is -2.05. The van der Waals surface area contributed by atoms with Crippen LogP contribution in [0.5, 0.6) is 0 Å². The maximum Gasteiger partial charge on any atom is 0.0819 e. The summed E-state index contributed by atoms with van der Waals surface area (Å²) in [5.41, 5.74) is 8.28. The topological polar surface area (TPSA) is 56.7 Å². The van der Waals surface area contributed by atoms with Crippen LogP contribution in [0.4, 0.5) is 0 Å². The van der Waals surface area contributed by atoms with E-state index in [1.807, 2.05) is 13.0 Å². The fourth-order valence-corrected chi connectivity index (χ4v) is 1.49. The van der Waals surface area contributed by atoms with Gasteiger partial charge in [-0.1, -0.05) is 11.6 Å². The monoisotopic (exact) mass is 222 g/mol. The molecule has 0 spiro atoms. The Morgan fingerprint density at radius 3 is 2.93 bits per heavy atom. The van der Waals surface area contributed by atoms with Crippen LogP contribution >= 0.6 is 11.6 Å². The minimum atomic E-state index is 0.430. The molecule has 2 rings (SSSR count). The van der Waals surface area contributed by atoms with Gasteiger partial charge in [0.1, 0.15) is 0 Å². The first kappa shape index (κ1) is 10.1. The Balaban J connectivity index is 2.53. The van der Waals surface area contributed by atoms with Crippen molar-refractivity contribution < 1.29 is 0 Å². The molecule has 2 aromatic rings. The van der Waals surface area contributed by atoms with Crippen LogP contribution in [-0.4, -0.2) is 14.8 Å². The summed E-state index contributed by atoms with van der Waals surface area (Å²) >= 11 is 5.94. The molecule has 0 unspecified atom stereocenters. The lowest BCUT2D eigenvalue weighted by atomic mass is 10.2. The predicted octanol–water partition coefficient (Wildman–Crippen LogP) is 1.69. The second kappa shape index (κ2) is 4.00. The van der Waals surface area contributed by atoms with Crippen molar-refractivity contribution in [3.8, 4) is 5.69 Å². The van der Waals surface area contributed by atoms with Crippen molar-refractivity contribution in [3.05, 3.63) is 40.9 Å². The zero-order valence-corrected chi connectivity index (χ0v) is 9.07. The summed E-state index contributed by atoms with van der Waals surface area (Å²) in [5.74, 6) is 0. The van der Waals surface area contributed by atoms with Crippen LogP contribution < -0.4 is 5.73 Å². The molecule has 0 saturated heterocycles. The molecule has 2 aromatic heterocycles. The summed E-state index contributed by atoms with van der Waals surface area (Å²) in [7, 11) is 0. The first-order valence-corrected chi connectivity index (χ1v) is 4.95. The molecule has 0 radical (unpaired) electrons. The standard InChI is InChI=1S/C10H11ClN4/c1-7-9(11)6-15(14-7)10-2-3-13-5-8(10)4-12/h2-3,5-6H,4,12H2,1H3. The van der Waals surface area contributed by atoms with Crippen LogP contribution in [0, 0.1) is 6.92 Å². The van der Waals surface area contributed by atoms with Crippen LogP contribution in [0.3, 0.4) is 0 Å². The van der Waals surface area contributed by atoms with E-state index < -0.39 is 0 Å². The number of aryl methyl sites for hydroxylation is 1. The van der Waals surface area contributed by atoms with Crippen molar-refractivity contribution in [2.24, 2.45) is 5.73 Å². The molecular weight excluding hydrogens is 212 g/mol. The van der Waals surface area contributed by atoms with Crippen molar-refractivity contribution in [2.75, 3.05) is 0 Å². The van der Waals surface area contributed by atoms with E-state index in [2.05, 4.69) is 10.1 Å². The maximum absolute atomic E-state index is 5.94. The molecule has 0 aliphatic heterocycles. The summed E-state index contributed by atoms with van der Waals surface area (Å²) < 4.78 is 1.72. The van der Waals surface area contributed by atoms with E-state index in [4.69, 9.17) is 17.3 Å². The normalized spacial score (nSPS) is 10.6. The van der Waals surface area contributed by atoms with Crippen molar-refractivity contribution in [2.45, 2.75) is 13.5 Å². The van der Waals surface area contributed by atoms with Gasteiger partial charge < -0.3 is 5.73 Å². The van der Waals surface area contributed by atoms with Gasteiger partial charge in [-0.25, -0.2) is 4.68 Å². The molecule has 0 amide bonds. The second-order valence-electron chi connectivity index (χ2n) is 3.22. The van der Waals surface area contributed by atoms with Crippen LogP contribution in [0.25, 0.3) is 5.69 Å². The van der Waals surface area contributed by atoms with Gasteiger partial charge in [0, 0.05) is 30.7 Å². The van der Waals surface area contributed by atoms with E-state index in [-0.39, 0.29) is 0 Å². The summed E-state index contributed by atoms with van der Waals surface area (Å²) in [5, 5.41) is 4.94. The number of hydrogen-bond acceptors (Lipinski definition) is 3. The first-order chi connectivity index (χ1) is 7.22. The largest absolute Gasteiger partial charge is 0.326 e. The Morgan fingerprint density at radius 2 is 2.33 bits per heavy atom. The highest BCUT2D eigenvalue weighted by molar-refractivity contribution is 6.31. The summed E-state index contributed by atoms with van der Waals surface area (Å²) in [6, 6.07) is 1.87. The second-order valence-corrected chi connectivity index (χ2v) is 3.62. The van der Waals surface area contributed by atoms with E-state index in [9.17, 15) is 0 Å². The molecule has 0 atom stereocenters. The fraction of sp³-hybridized carbons (Fsp3) is 0.200. The first-order valence-electron chi connectivity index (χ1n) is 4.57. The average Bonchev–Trinajstić information content (AvgIpc) is 2.59. The summed E-state index contributed by atoms with van der Waals surface area (Å²) in [6.45, 7) is 2.29. The Labute approximate surface area is 92.7 Å². The minimum Gasteiger partial charge on any atom is -0.326 e. The molecule has 0 aliphatic carbocycles. The number of nitrogens with zero attached hydrogens (tertiary/aromatic N) is 3. The number of halogens is 1. The van der Waals surface area contributed by atoms with E-state index >= 15 is 0 Å². The van der Waals surface area contributed by atoms with Gasteiger partial charge in [-0.2, -0.15) is 5.10 Å². The molecule has 0 saturated carbocycles. The Morgan fingerprint density at radius 1 is 1.53 bits per heavy atom. The molecule has 0 aliphatic rings. The van der Waals surface area contributed by atoms with Gasteiger partial charge in [-0.15, -0.1) is 0 Å². The van der Waals surface area contributed by atoms with Gasteiger partial charge in [0.05, 0.1) is 16.4 Å². The molecule has 0 bridgehead atoms. The highest BCUT2D eigenvalue weighted by Gasteiger charge is 2.07. The SMILES string of the molecule is Cc1nn(-c2ccncc2CN)cc1Cl. The van der Waals surface area contributed by atoms with E-state index in [0.29, 0.717) is 11.6 Å². The van der Waals surface area contributed by atoms with Gasteiger partial charge in [0.15, 0.2) is 0 Å². The van der Waals surface area contributed by atoms with E-state index in [1.165, 1.54) is 0 Å². The Kier molecular flexibility index (Phi) is 2.70. The van der Waals surface area contributed by atoms with Crippen molar-refractivity contribution in [3.63, 3.8) is 0 Å². The molecular formula is C10H11ClN4. The molecule has 0 fully saturated rings. The smallest absolute Gasteiger partial charge is 0.0819 e. The van der Waals surface area contributed by atoms with Gasteiger partial charge in [-0.3, -0.25) is 4.98 Å². The number of pyridine rings is 1. The Bertz CT molecular complexity index is 459. The number of nitrogens with two attached hydrogens (primary N) is 1. The summed E-state index contributed by atoms with van der Waals surface area (Å²) in [4.78, 5) is 4.02. The predicted molar refractivity (Wildman–Crippen MR) is 59.0 cm³/mol. The molecule has 5 heteroatoms. The summed E-state index contributed by atoms with van der Waals surface area (Å²) in [6.07, 6.45) is 5.21. The van der Waals surface area contributed by atoms with Gasteiger partial charge in [-0.05, 0) is 13.0 Å². The molecule has 2 heterocycles. The minimum absolute atomic E-state index is 0.430. The number of hydrogen-bond donors (Lipinski definition) is 1. The molecule has 15 heavy (non-hydrogen) atoms. The van der Waals surface area contributed by atoms with E-state index in [1.54, 1.807) is 23.3 Å². The highest BCUT2D eigenvalue weighted by Crippen LogP contribution is 2.18. The zero-order valence-electron chi connectivity index (χ0n) is 8.31. The van der Waals surface area contributed by atoms with Crippen LogP contribution in [0.15, 0.2) is 24.7 Å². The lowest BCUT2D eigenvalue weighted by Crippen LogP contribution is -2.05. The molecule has 2 N–H and O–H groups in total. The van der Waals surface area contributed by atoms with Gasteiger partial charge >= 0.3 is 0 Å². The third kappa shape index (κ3) is 1.86. The van der Waals surface area contributed by atoms with Crippen molar-refractivity contribution in [1.29, 1.82) is 0 Å². The maximum atomic E-state index is 5.94. The molecule has 78 valence electrons. The van der Waals surface area contributed by atoms with Crippen molar-refractivity contribution >= 4 is 11.6 Å². The molecule has 4 nitrogen and oxygen atoms in total. The van der Waals surface area contributed by atoms with Gasteiger partial charge in [0.2, 0.25) is 0 Å². The zero-order chi connectivity index (χ0) is 10.8. The third-order valence-corrected chi connectivity index (χ3v) is 2.55. The Hall–Kier alpha value is -1.39.